The van der Waals surface area contributed by atoms with E-state index in [2.05, 4.69) is 4.98 Å². The number of rotatable bonds is 5. The first-order valence-corrected chi connectivity index (χ1v) is 6.20. The minimum atomic E-state index is -0.700. The predicted molar refractivity (Wildman–Crippen MR) is 70.2 cm³/mol. The van der Waals surface area contributed by atoms with Gasteiger partial charge in [0.1, 0.15) is 16.9 Å². The Bertz CT molecular complexity index is 491. The molecule has 0 aliphatic carbocycles. The maximum Gasteiger partial charge on any atom is 0.341 e. The molecule has 6 nitrogen and oxygen atoms in total. The van der Waals surface area contributed by atoms with Gasteiger partial charge >= 0.3 is 5.97 Å². The third kappa shape index (κ3) is 4.48. The van der Waals surface area contributed by atoms with Crippen LogP contribution < -0.4 is 0 Å². The summed E-state index contributed by atoms with van der Waals surface area (Å²) in [5.74, 6) is -0.323. The van der Waals surface area contributed by atoms with Crippen LogP contribution in [-0.2, 0) is 4.74 Å². The van der Waals surface area contributed by atoms with Crippen LogP contribution in [0.3, 0.4) is 0 Å². The standard InChI is InChI=1S/C12H15ClN2O4/c1-7(2)4-8(3)19-12(16)10-5-9(15(17)18)6-14-11(10)13/h5-8H,4H2,1-3H3. The highest BCUT2D eigenvalue weighted by molar-refractivity contribution is 6.32. The van der Waals surface area contributed by atoms with E-state index in [1.165, 1.54) is 0 Å². The Morgan fingerprint density at radius 1 is 1.53 bits per heavy atom. The van der Waals surface area contributed by atoms with Crippen molar-refractivity contribution < 1.29 is 14.5 Å². The molecule has 0 fully saturated rings. The number of hydrogen-bond acceptors (Lipinski definition) is 5. The van der Waals surface area contributed by atoms with Crippen LogP contribution in [-0.4, -0.2) is 22.0 Å². The second-order valence-corrected chi connectivity index (χ2v) is 4.99. The minimum absolute atomic E-state index is 0.0912. The third-order valence-electron chi connectivity index (χ3n) is 2.37. The number of aromatic nitrogens is 1. The van der Waals surface area contributed by atoms with Crippen LogP contribution in [0, 0.1) is 16.0 Å². The van der Waals surface area contributed by atoms with Crippen molar-refractivity contribution in [2.24, 2.45) is 5.92 Å². The molecule has 0 aromatic carbocycles. The van der Waals surface area contributed by atoms with Crippen LogP contribution in [0.5, 0.6) is 0 Å². The molecular weight excluding hydrogens is 272 g/mol. The number of hydrogen-bond donors (Lipinski definition) is 0. The second kappa shape index (κ2) is 6.47. The van der Waals surface area contributed by atoms with E-state index in [-0.39, 0.29) is 22.5 Å². The zero-order chi connectivity index (χ0) is 14.6. The summed E-state index contributed by atoms with van der Waals surface area (Å²) in [6, 6.07) is 1.07. The first kappa shape index (κ1) is 15.4. The highest BCUT2D eigenvalue weighted by Crippen LogP contribution is 2.21. The molecule has 1 rings (SSSR count). The summed E-state index contributed by atoms with van der Waals surface area (Å²) in [4.78, 5) is 25.5. The Labute approximate surface area is 115 Å². The Balaban J connectivity index is 2.87. The Hall–Kier alpha value is -1.69. The van der Waals surface area contributed by atoms with Crippen LogP contribution >= 0.6 is 11.6 Å². The van der Waals surface area contributed by atoms with Crippen LogP contribution in [0.4, 0.5) is 5.69 Å². The smallest absolute Gasteiger partial charge is 0.341 e. The average Bonchev–Trinajstić information content (AvgIpc) is 2.27. The van der Waals surface area contributed by atoms with Crippen molar-refractivity contribution in [3.8, 4) is 0 Å². The van der Waals surface area contributed by atoms with Crippen molar-refractivity contribution in [3.63, 3.8) is 0 Å². The molecule has 0 amide bonds. The Morgan fingerprint density at radius 2 is 2.16 bits per heavy atom. The quantitative estimate of drug-likeness (QED) is 0.359. The van der Waals surface area contributed by atoms with Crippen molar-refractivity contribution in [1.82, 2.24) is 4.98 Å². The van der Waals surface area contributed by atoms with E-state index in [0.717, 1.165) is 12.3 Å². The molecule has 19 heavy (non-hydrogen) atoms. The van der Waals surface area contributed by atoms with Gasteiger partial charge in [-0.05, 0) is 19.3 Å². The summed E-state index contributed by atoms with van der Waals surface area (Å²) in [6.07, 6.45) is 1.41. The van der Waals surface area contributed by atoms with Crippen LogP contribution in [0.1, 0.15) is 37.6 Å². The van der Waals surface area contributed by atoms with Gasteiger partial charge in [0.25, 0.3) is 5.69 Å². The molecule has 0 N–H and O–H groups in total. The number of carbonyl (C=O) groups excluding carboxylic acids is 1. The summed E-state index contributed by atoms with van der Waals surface area (Å²) >= 11 is 5.75. The maximum absolute atomic E-state index is 11.9. The summed E-state index contributed by atoms with van der Waals surface area (Å²) in [7, 11) is 0. The summed E-state index contributed by atoms with van der Waals surface area (Å²) in [5, 5.41) is 10.5. The molecule has 7 heteroatoms. The van der Waals surface area contributed by atoms with E-state index < -0.39 is 10.9 Å². The van der Waals surface area contributed by atoms with Crippen LogP contribution in [0.25, 0.3) is 0 Å². The van der Waals surface area contributed by atoms with Gasteiger partial charge in [-0.3, -0.25) is 10.1 Å². The topological polar surface area (TPSA) is 82.3 Å². The number of pyridine rings is 1. The lowest BCUT2D eigenvalue weighted by atomic mass is 10.1. The SMILES string of the molecule is CC(C)CC(C)OC(=O)c1cc([N+](=O)[O-])cnc1Cl. The molecule has 0 saturated heterocycles. The number of halogens is 1. The normalized spacial score (nSPS) is 12.3. The summed E-state index contributed by atoms with van der Waals surface area (Å²) in [6.45, 7) is 5.77. The minimum Gasteiger partial charge on any atom is -0.459 e. The van der Waals surface area contributed by atoms with Gasteiger partial charge in [-0.1, -0.05) is 25.4 Å². The van der Waals surface area contributed by atoms with Crippen molar-refractivity contribution in [2.75, 3.05) is 0 Å². The number of nitro groups is 1. The number of esters is 1. The van der Waals surface area contributed by atoms with E-state index in [0.29, 0.717) is 12.3 Å². The van der Waals surface area contributed by atoms with Crippen molar-refractivity contribution >= 4 is 23.3 Å². The largest absolute Gasteiger partial charge is 0.459 e. The maximum atomic E-state index is 11.9. The molecule has 0 aliphatic heterocycles. The third-order valence-corrected chi connectivity index (χ3v) is 2.67. The second-order valence-electron chi connectivity index (χ2n) is 4.63. The van der Waals surface area contributed by atoms with Crippen LogP contribution in [0.15, 0.2) is 12.3 Å². The fourth-order valence-corrected chi connectivity index (χ4v) is 1.82. The fourth-order valence-electron chi connectivity index (χ4n) is 1.64. The zero-order valence-electron chi connectivity index (χ0n) is 10.9. The molecule has 104 valence electrons. The lowest BCUT2D eigenvalue weighted by Gasteiger charge is -2.15. The molecule has 0 radical (unpaired) electrons. The molecule has 0 aliphatic rings. The monoisotopic (exact) mass is 286 g/mol. The van der Waals surface area contributed by atoms with Crippen LogP contribution in [0.2, 0.25) is 5.15 Å². The van der Waals surface area contributed by atoms with Gasteiger partial charge in [-0.25, -0.2) is 9.78 Å². The predicted octanol–water partition coefficient (Wildman–Crippen LogP) is 3.23. The summed E-state index contributed by atoms with van der Waals surface area (Å²) < 4.78 is 5.18. The van der Waals surface area contributed by atoms with E-state index in [9.17, 15) is 14.9 Å². The van der Waals surface area contributed by atoms with Gasteiger partial charge < -0.3 is 4.74 Å². The molecular formula is C12H15ClN2O4. The van der Waals surface area contributed by atoms with Gasteiger partial charge in [0.15, 0.2) is 0 Å². The van der Waals surface area contributed by atoms with Crippen molar-refractivity contribution in [3.05, 3.63) is 33.1 Å². The lowest BCUT2D eigenvalue weighted by Crippen LogP contribution is -2.17. The fraction of sp³-hybridized carbons (Fsp3) is 0.500. The molecule has 0 saturated carbocycles. The first-order valence-electron chi connectivity index (χ1n) is 5.82. The van der Waals surface area contributed by atoms with Crippen molar-refractivity contribution in [2.45, 2.75) is 33.3 Å². The van der Waals surface area contributed by atoms with E-state index >= 15 is 0 Å². The number of ether oxygens (including phenoxy) is 1. The summed E-state index contributed by atoms with van der Waals surface area (Å²) in [5.41, 5.74) is -0.390. The van der Waals surface area contributed by atoms with Gasteiger partial charge in [0, 0.05) is 6.07 Å². The highest BCUT2D eigenvalue weighted by atomic mass is 35.5. The molecule has 0 spiro atoms. The highest BCUT2D eigenvalue weighted by Gasteiger charge is 2.20. The van der Waals surface area contributed by atoms with Crippen molar-refractivity contribution in [1.29, 1.82) is 0 Å². The van der Waals surface area contributed by atoms with E-state index in [1.54, 1.807) is 6.92 Å². The molecule has 0 bridgehead atoms. The van der Waals surface area contributed by atoms with Gasteiger partial charge in [0.05, 0.1) is 11.0 Å². The molecule has 1 aromatic heterocycles. The zero-order valence-corrected chi connectivity index (χ0v) is 11.7. The molecule has 1 atom stereocenters. The lowest BCUT2D eigenvalue weighted by molar-refractivity contribution is -0.385. The average molecular weight is 287 g/mol. The van der Waals surface area contributed by atoms with Gasteiger partial charge in [0.2, 0.25) is 0 Å². The van der Waals surface area contributed by atoms with E-state index in [4.69, 9.17) is 16.3 Å². The first-order chi connectivity index (χ1) is 8.81. The molecule has 1 unspecified atom stereocenters. The Morgan fingerprint density at radius 3 is 2.68 bits per heavy atom. The number of carbonyl (C=O) groups is 1. The number of nitrogens with zero attached hydrogens (tertiary/aromatic N) is 2. The molecule has 1 heterocycles. The van der Waals surface area contributed by atoms with E-state index in [1.807, 2.05) is 13.8 Å². The Kier molecular flexibility index (Phi) is 5.23. The van der Waals surface area contributed by atoms with Gasteiger partial charge in [-0.2, -0.15) is 0 Å². The van der Waals surface area contributed by atoms with Gasteiger partial charge in [-0.15, -0.1) is 0 Å². The molecule has 1 aromatic rings.